The lowest BCUT2D eigenvalue weighted by atomic mass is 10.1. The van der Waals surface area contributed by atoms with Gasteiger partial charge in [-0.15, -0.1) is 0 Å². The number of fused-ring (bicyclic) bond motifs is 1. The zero-order valence-electron chi connectivity index (χ0n) is 15.7. The quantitative estimate of drug-likeness (QED) is 0.638. The Morgan fingerprint density at radius 2 is 2.14 bits per heavy atom. The summed E-state index contributed by atoms with van der Waals surface area (Å²) < 4.78 is 41.2. The highest BCUT2D eigenvalue weighted by Crippen LogP contribution is 2.48. The van der Waals surface area contributed by atoms with Crippen molar-refractivity contribution in [3.8, 4) is 5.75 Å². The summed E-state index contributed by atoms with van der Waals surface area (Å²) in [5.41, 5.74) is 2.77. The molecule has 3 atom stereocenters. The molecule has 0 spiro atoms. The Hall–Kier alpha value is -3.03. The zero-order chi connectivity index (χ0) is 20.6. The largest absolute Gasteiger partial charge is 0.483 e. The van der Waals surface area contributed by atoms with Gasteiger partial charge in [0.15, 0.2) is 6.61 Å². The normalized spacial score (nSPS) is 19.7. The van der Waals surface area contributed by atoms with Crippen LogP contribution in [0.4, 0.5) is 13.2 Å². The fourth-order valence-electron chi connectivity index (χ4n) is 3.45. The number of benzene rings is 1. The molecule has 3 aromatic rings. The molecule has 1 saturated carbocycles. The average molecular weight is 403 g/mol. The standard InChI is InChI=1S/C21H20F3N3O2/c1-12(18-5-3-15(10-26-18)29-11-21(22,23)24)27-20(28)17-9-16(17)13-2-4-19-14(8-13)6-7-25-19/h2-8,10,12,16-17,25H,9,11H2,1H3,(H,27,28)/t12-,16+,17-/m1/s1. The minimum atomic E-state index is -4.40. The first-order valence-corrected chi connectivity index (χ1v) is 9.33. The molecular formula is C21H20F3N3O2. The van der Waals surface area contributed by atoms with E-state index in [2.05, 4.69) is 26.1 Å². The molecule has 1 aliphatic rings. The molecule has 2 aromatic heterocycles. The molecule has 0 bridgehead atoms. The molecule has 1 aliphatic carbocycles. The van der Waals surface area contributed by atoms with Gasteiger partial charge in [0.05, 0.1) is 17.9 Å². The van der Waals surface area contributed by atoms with Crippen LogP contribution in [0.1, 0.15) is 36.6 Å². The number of halogens is 3. The summed E-state index contributed by atoms with van der Waals surface area (Å²) in [6.07, 6.45) is -0.478. The number of hydrogen-bond acceptors (Lipinski definition) is 3. The Bertz CT molecular complexity index is 1010. The number of rotatable bonds is 6. The topological polar surface area (TPSA) is 67.0 Å². The SMILES string of the molecule is C[C@@H](NC(=O)[C@@H]1C[C@H]1c1ccc2[nH]ccc2c1)c1ccc(OCC(F)(F)F)cn1. The third kappa shape index (κ3) is 4.52. The second kappa shape index (κ2) is 7.42. The van der Waals surface area contributed by atoms with E-state index in [9.17, 15) is 18.0 Å². The minimum Gasteiger partial charge on any atom is -0.483 e. The first kappa shape index (κ1) is 19.3. The van der Waals surface area contributed by atoms with E-state index in [4.69, 9.17) is 0 Å². The number of amides is 1. The van der Waals surface area contributed by atoms with Gasteiger partial charge >= 0.3 is 6.18 Å². The number of ether oxygens (including phenoxy) is 1. The summed E-state index contributed by atoms with van der Waals surface area (Å²) in [5, 5.41) is 4.06. The van der Waals surface area contributed by atoms with E-state index in [-0.39, 0.29) is 29.5 Å². The van der Waals surface area contributed by atoms with Crippen molar-refractivity contribution in [3.05, 3.63) is 60.0 Å². The van der Waals surface area contributed by atoms with E-state index in [1.807, 2.05) is 24.4 Å². The Labute approximate surface area is 165 Å². The molecule has 8 heteroatoms. The number of H-pyrrole nitrogens is 1. The number of carbonyl (C=O) groups excluding carboxylic acids is 1. The molecular weight excluding hydrogens is 383 g/mol. The van der Waals surface area contributed by atoms with Gasteiger partial charge in [-0.05, 0) is 60.5 Å². The fourth-order valence-corrected chi connectivity index (χ4v) is 3.45. The van der Waals surface area contributed by atoms with Crippen LogP contribution in [0.3, 0.4) is 0 Å². The number of alkyl halides is 3. The maximum absolute atomic E-state index is 12.6. The van der Waals surface area contributed by atoms with Crippen molar-refractivity contribution in [2.45, 2.75) is 31.5 Å². The summed E-state index contributed by atoms with van der Waals surface area (Å²) in [5.74, 6) is 0.110. The fraction of sp³-hybridized carbons (Fsp3) is 0.333. The third-order valence-corrected chi connectivity index (χ3v) is 5.10. The van der Waals surface area contributed by atoms with Crippen LogP contribution in [0.2, 0.25) is 0 Å². The average Bonchev–Trinajstić information content (AvgIpc) is 3.36. The predicted molar refractivity (Wildman–Crippen MR) is 101 cm³/mol. The van der Waals surface area contributed by atoms with E-state index in [1.165, 1.54) is 12.3 Å². The van der Waals surface area contributed by atoms with E-state index in [0.29, 0.717) is 5.69 Å². The van der Waals surface area contributed by atoms with Gasteiger partial charge in [0.25, 0.3) is 0 Å². The van der Waals surface area contributed by atoms with Crippen LogP contribution in [0, 0.1) is 5.92 Å². The van der Waals surface area contributed by atoms with Crippen LogP contribution < -0.4 is 10.1 Å². The van der Waals surface area contributed by atoms with Crippen LogP contribution in [0.5, 0.6) is 5.75 Å². The Morgan fingerprint density at radius 3 is 2.86 bits per heavy atom. The smallest absolute Gasteiger partial charge is 0.422 e. The molecule has 2 N–H and O–H groups in total. The molecule has 1 aromatic carbocycles. The van der Waals surface area contributed by atoms with Gasteiger partial charge in [0, 0.05) is 17.6 Å². The van der Waals surface area contributed by atoms with Crippen molar-refractivity contribution < 1.29 is 22.7 Å². The Balaban J connectivity index is 1.32. The van der Waals surface area contributed by atoms with E-state index in [1.54, 1.807) is 13.0 Å². The van der Waals surface area contributed by atoms with E-state index < -0.39 is 12.8 Å². The molecule has 29 heavy (non-hydrogen) atoms. The van der Waals surface area contributed by atoms with Crippen molar-refractivity contribution in [3.63, 3.8) is 0 Å². The summed E-state index contributed by atoms with van der Waals surface area (Å²) in [4.78, 5) is 19.8. The molecule has 0 unspecified atom stereocenters. The van der Waals surface area contributed by atoms with Gasteiger partial charge in [-0.2, -0.15) is 13.2 Å². The van der Waals surface area contributed by atoms with Crippen LogP contribution in [0.15, 0.2) is 48.8 Å². The van der Waals surface area contributed by atoms with Gasteiger partial charge < -0.3 is 15.0 Å². The van der Waals surface area contributed by atoms with Gasteiger partial charge in [-0.1, -0.05) is 6.07 Å². The van der Waals surface area contributed by atoms with Crippen LogP contribution in [0.25, 0.3) is 10.9 Å². The lowest BCUT2D eigenvalue weighted by Gasteiger charge is -2.14. The molecule has 1 fully saturated rings. The number of aromatic nitrogens is 2. The van der Waals surface area contributed by atoms with Crippen molar-refractivity contribution in [2.75, 3.05) is 6.61 Å². The molecule has 0 radical (unpaired) electrons. The van der Waals surface area contributed by atoms with Gasteiger partial charge in [0.1, 0.15) is 5.75 Å². The lowest BCUT2D eigenvalue weighted by molar-refractivity contribution is -0.153. The van der Waals surface area contributed by atoms with Gasteiger partial charge in [0.2, 0.25) is 5.91 Å². The maximum Gasteiger partial charge on any atom is 0.422 e. The highest BCUT2D eigenvalue weighted by Gasteiger charge is 2.44. The minimum absolute atomic E-state index is 0.0343. The lowest BCUT2D eigenvalue weighted by Crippen LogP contribution is -2.29. The molecule has 1 amide bonds. The predicted octanol–water partition coefficient (Wildman–Crippen LogP) is 4.48. The van der Waals surface area contributed by atoms with Gasteiger partial charge in [-0.3, -0.25) is 9.78 Å². The maximum atomic E-state index is 12.6. The molecule has 0 aliphatic heterocycles. The third-order valence-electron chi connectivity index (χ3n) is 5.10. The number of aromatic amines is 1. The van der Waals surface area contributed by atoms with Crippen LogP contribution >= 0.6 is 0 Å². The van der Waals surface area contributed by atoms with Crippen molar-refractivity contribution in [1.29, 1.82) is 0 Å². The summed E-state index contributed by atoms with van der Waals surface area (Å²) in [6, 6.07) is 10.8. The number of pyridine rings is 1. The van der Waals surface area contributed by atoms with Crippen LogP contribution in [-0.4, -0.2) is 28.7 Å². The number of nitrogens with one attached hydrogen (secondary N) is 2. The summed E-state index contributed by atoms with van der Waals surface area (Å²) in [7, 11) is 0. The van der Waals surface area contributed by atoms with Crippen molar-refractivity contribution in [2.24, 2.45) is 5.92 Å². The number of carbonyl (C=O) groups is 1. The summed E-state index contributed by atoms with van der Waals surface area (Å²) >= 11 is 0. The monoisotopic (exact) mass is 403 g/mol. The second-order valence-electron chi connectivity index (χ2n) is 7.33. The summed E-state index contributed by atoms with van der Waals surface area (Å²) in [6.45, 7) is 0.428. The molecule has 0 saturated heterocycles. The highest BCUT2D eigenvalue weighted by atomic mass is 19.4. The molecule has 4 rings (SSSR count). The molecule has 2 heterocycles. The second-order valence-corrected chi connectivity index (χ2v) is 7.33. The van der Waals surface area contributed by atoms with Crippen molar-refractivity contribution in [1.82, 2.24) is 15.3 Å². The first-order valence-electron chi connectivity index (χ1n) is 9.33. The van der Waals surface area contributed by atoms with Gasteiger partial charge in [-0.25, -0.2) is 0 Å². The molecule has 5 nitrogen and oxygen atoms in total. The van der Waals surface area contributed by atoms with Crippen molar-refractivity contribution >= 4 is 16.8 Å². The Morgan fingerprint density at radius 1 is 1.31 bits per heavy atom. The highest BCUT2D eigenvalue weighted by molar-refractivity contribution is 5.84. The first-order chi connectivity index (χ1) is 13.8. The molecule has 152 valence electrons. The number of nitrogens with zero attached hydrogens (tertiary/aromatic N) is 1. The van der Waals surface area contributed by atoms with E-state index >= 15 is 0 Å². The van der Waals surface area contributed by atoms with Crippen LogP contribution in [-0.2, 0) is 4.79 Å². The van der Waals surface area contributed by atoms with E-state index in [0.717, 1.165) is 22.9 Å². The number of hydrogen-bond donors (Lipinski definition) is 2. The Kier molecular flexibility index (Phi) is 4.94. The zero-order valence-corrected chi connectivity index (χ0v) is 15.7.